The van der Waals surface area contributed by atoms with E-state index in [0.29, 0.717) is 11.3 Å². The van der Waals surface area contributed by atoms with Crippen LogP contribution in [0.4, 0.5) is 0 Å². The molecule has 5 nitrogen and oxygen atoms in total. The molecule has 0 aliphatic carbocycles. The summed E-state index contributed by atoms with van der Waals surface area (Å²) < 4.78 is 11.0. The molecule has 0 aliphatic heterocycles. The van der Waals surface area contributed by atoms with Crippen LogP contribution >= 0.6 is 0 Å². The SMILES string of the molecule is CC(=O)c1ccc(-c2ccc(C(=O)OCc3cccc4cccnc34)o2)cc1. The monoisotopic (exact) mass is 371 g/mol. The fourth-order valence-electron chi connectivity index (χ4n) is 2.97. The fraction of sp³-hybridized carbons (Fsp3) is 0.0870. The van der Waals surface area contributed by atoms with Crippen molar-refractivity contribution in [1.82, 2.24) is 4.98 Å². The topological polar surface area (TPSA) is 69.4 Å². The van der Waals surface area contributed by atoms with Crippen molar-refractivity contribution in [3.8, 4) is 11.3 Å². The lowest BCUT2D eigenvalue weighted by atomic mass is 10.1. The van der Waals surface area contributed by atoms with Crippen LogP contribution in [0.15, 0.2) is 77.3 Å². The maximum Gasteiger partial charge on any atom is 0.374 e. The van der Waals surface area contributed by atoms with Crippen LogP contribution in [0.5, 0.6) is 0 Å². The van der Waals surface area contributed by atoms with Crippen molar-refractivity contribution < 1.29 is 18.7 Å². The lowest BCUT2D eigenvalue weighted by Gasteiger charge is -2.06. The summed E-state index contributed by atoms with van der Waals surface area (Å²) in [5.74, 6) is 0.116. The molecule has 4 aromatic rings. The molecule has 5 heteroatoms. The number of rotatable bonds is 5. The second kappa shape index (κ2) is 7.48. The first-order valence-electron chi connectivity index (χ1n) is 8.83. The van der Waals surface area contributed by atoms with E-state index >= 15 is 0 Å². The minimum absolute atomic E-state index is 0.00168. The van der Waals surface area contributed by atoms with E-state index in [1.165, 1.54) is 6.92 Å². The summed E-state index contributed by atoms with van der Waals surface area (Å²) >= 11 is 0. The number of fused-ring (bicyclic) bond motifs is 1. The van der Waals surface area contributed by atoms with E-state index in [4.69, 9.17) is 9.15 Å². The van der Waals surface area contributed by atoms with Crippen LogP contribution in [-0.2, 0) is 11.3 Å². The number of pyridine rings is 1. The van der Waals surface area contributed by atoms with Crippen molar-refractivity contribution in [3.05, 3.63) is 89.8 Å². The van der Waals surface area contributed by atoms with Gasteiger partial charge < -0.3 is 9.15 Å². The number of carbonyl (C=O) groups is 2. The van der Waals surface area contributed by atoms with Gasteiger partial charge in [-0.1, -0.05) is 48.5 Å². The number of hydrogen-bond donors (Lipinski definition) is 0. The Morgan fingerprint density at radius 1 is 0.964 bits per heavy atom. The number of Topliss-reactive ketones (excluding diaryl/α,β-unsaturated/α-hetero) is 1. The number of carbonyl (C=O) groups excluding carboxylic acids is 2. The van der Waals surface area contributed by atoms with E-state index < -0.39 is 5.97 Å². The van der Waals surface area contributed by atoms with Crippen molar-refractivity contribution in [2.45, 2.75) is 13.5 Å². The first-order valence-corrected chi connectivity index (χ1v) is 8.83. The Morgan fingerprint density at radius 3 is 2.54 bits per heavy atom. The van der Waals surface area contributed by atoms with Crippen LogP contribution < -0.4 is 0 Å². The molecule has 2 aromatic heterocycles. The average molecular weight is 371 g/mol. The molecule has 0 unspecified atom stereocenters. The van der Waals surface area contributed by atoms with Crippen LogP contribution in [0.2, 0.25) is 0 Å². The normalized spacial score (nSPS) is 10.8. The van der Waals surface area contributed by atoms with Crippen LogP contribution in [0.3, 0.4) is 0 Å². The van der Waals surface area contributed by atoms with Gasteiger partial charge in [-0.15, -0.1) is 0 Å². The Kier molecular flexibility index (Phi) is 4.72. The number of benzene rings is 2. The van der Waals surface area contributed by atoms with E-state index in [1.807, 2.05) is 30.3 Å². The zero-order valence-electron chi connectivity index (χ0n) is 15.2. The van der Waals surface area contributed by atoms with Crippen LogP contribution in [0.25, 0.3) is 22.2 Å². The molecule has 4 rings (SSSR count). The highest BCUT2D eigenvalue weighted by Gasteiger charge is 2.15. The largest absolute Gasteiger partial charge is 0.455 e. The number of para-hydroxylation sites is 1. The number of nitrogens with zero attached hydrogens (tertiary/aromatic N) is 1. The Hall–Kier alpha value is -3.73. The number of ketones is 1. The fourth-order valence-corrected chi connectivity index (χ4v) is 2.97. The highest BCUT2D eigenvalue weighted by Crippen LogP contribution is 2.24. The Morgan fingerprint density at radius 2 is 1.75 bits per heavy atom. The quantitative estimate of drug-likeness (QED) is 0.362. The molecule has 0 amide bonds. The van der Waals surface area contributed by atoms with Crippen LogP contribution in [0, 0.1) is 0 Å². The molecule has 0 fully saturated rings. The molecule has 0 saturated heterocycles. The molecule has 138 valence electrons. The van der Waals surface area contributed by atoms with Crippen molar-refractivity contribution in [3.63, 3.8) is 0 Å². The molecular weight excluding hydrogens is 354 g/mol. The van der Waals surface area contributed by atoms with E-state index in [-0.39, 0.29) is 18.2 Å². The summed E-state index contributed by atoms with van der Waals surface area (Å²) in [7, 11) is 0. The zero-order chi connectivity index (χ0) is 19.5. The molecule has 0 aliphatic rings. The first kappa shape index (κ1) is 17.7. The molecular formula is C23H17NO4. The number of hydrogen-bond acceptors (Lipinski definition) is 5. The van der Waals surface area contributed by atoms with Gasteiger partial charge in [-0.3, -0.25) is 9.78 Å². The maximum absolute atomic E-state index is 12.4. The van der Waals surface area contributed by atoms with Gasteiger partial charge in [-0.25, -0.2) is 4.79 Å². The van der Waals surface area contributed by atoms with Gasteiger partial charge in [-0.05, 0) is 25.1 Å². The molecule has 0 radical (unpaired) electrons. The van der Waals surface area contributed by atoms with Crippen LogP contribution in [0.1, 0.15) is 33.4 Å². The number of furan rings is 1. The van der Waals surface area contributed by atoms with Gasteiger partial charge in [-0.2, -0.15) is 0 Å². The first-order chi connectivity index (χ1) is 13.6. The number of aromatic nitrogens is 1. The summed E-state index contributed by atoms with van der Waals surface area (Å²) in [5, 5.41) is 0.991. The smallest absolute Gasteiger partial charge is 0.374 e. The maximum atomic E-state index is 12.4. The molecule has 0 N–H and O–H groups in total. The minimum atomic E-state index is -0.542. The average Bonchev–Trinajstić information content (AvgIpc) is 3.22. The van der Waals surface area contributed by atoms with Gasteiger partial charge in [0.15, 0.2) is 5.78 Å². The van der Waals surface area contributed by atoms with Gasteiger partial charge in [0.2, 0.25) is 5.76 Å². The highest BCUT2D eigenvalue weighted by molar-refractivity contribution is 5.94. The Balaban J connectivity index is 1.48. The molecule has 2 heterocycles. The van der Waals surface area contributed by atoms with Crippen molar-refractivity contribution >= 4 is 22.7 Å². The molecule has 0 spiro atoms. The summed E-state index contributed by atoms with van der Waals surface area (Å²) in [5.41, 5.74) is 3.04. The third kappa shape index (κ3) is 3.55. The van der Waals surface area contributed by atoms with E-state index in [9.17, 15) is 9.59 Å². The van der Waals surface area contributed by atoms with E-state index in [1.54, 1.807) is 42.6 Å². The van der Waals surface area contributed by atoms with Gasteiger partial charge in [0.1, 0.15) is 12.4 Å². The lowest BCUT2D eigenvalue weighted by Crippen LogP contribution is -2.04. The van der Waals surface area contributed by atoms with E-state index in [2.05, 4.69) is 4.98 Å². The second-order valence-corrected chi connectivity index (χ2v) is 6.37. The molecule has 0 atom stereocenters. The zero-order valence-corrected chi connectivity index (χ0v) is 15.2. The Bertz CT molecular complexity index is 1150. The summed E-state index contributed by atoms with van der Waals surface area (Å²) in [4.78, 5) is 28.1. The molecule has 0 saturated carbocycles. The predicted molar refractivity (Wildman–Crippen MR) is 105 cm³/mol. The number of esters is 1. The number of ether oxygens (including phenoxy) is 1. The van der Waals surface area contributed by atoms with Gasteiger partial charge in [0.25, 0.3) is 0 Å². The van der Waals surface area contributed by atoms with Gasteiger partial charge in [0, 0.05) is 28.3 Å². The van der Waals surface area contributed by atoms with Gasteiger partial charge in [0.05, 0.1) is 5.52 Å². The highest BCUT2D eigenvalue weighted by atomic mass is 16.5. The minimum Gasteiger partial charge on any atom is -0.455 e. The third-order valence-corrected chi connectivity index (χ3v) is 4.46. The van der Waals surface area contributed by atoms with E-state index in [0.717, 1.165) is 22.0 Å². The Labute approximate surface area is 161 Å². The summed E-state index contributed by atoms with van der Waals surface area (Å²) in [6, 6.07) is 19.9. The summed E-state index contributed by atoms with van der Waals surface area (Å²) in [6.45, 7) is 1.62. The van der Waals surface area contributed by atoms with Crippen molar-refractivity contribution in [1.29, 1.82) is 0 Å². The van der Waals surface area contributed by atoms with Crippen molar-refractivity contribution in [2.24, 2.45) is 0 Å². The van der Waals surface area contributed by atoms with Crippen LogP contribution in [-0.4, -0.2) is 16.7 Å². The summed E-state index contributed by atoms with van der Waals surface area (Å²) in [6.07, 6.45) is 1.71. The molecule has 0 bridgehead atoms. The molecule has 28 heavy (non-hydrogen) atoms. The second-order valence-electron chi connectivity index (χ2n) is 6.37. The lowest BCUT2D eigenvalue weighted by molar-refractivity contribution is 0.0438. The third-order valence-electron chi connectivity index (χ3n) is 4.46. The van der Waals surface area contributed by atoms with Crippen molar-refractivity contribution in [2.75, 3.05) is 0 Å². The standard InChI is InChI=1S/C23H17NO4/c1-15(25)16-7-9-17(10-8-16)20-11-12-21(28-20)23(26)27-14-19-5-2-4-18-6-3-13-24-22(18)19/h2-13H,14H2,1H3. The molecule has 2 aromatic carbocycles. The predicted octanol–water partition coefficient (Wildman–Crippen LogP) is 5.05. The van der Waals surface area contributed by atoms with Gasteiger partial charge >= 0.3 is 5.97 Å².